The minimum absolute atomic E-state index is 0.0970. The van der Waals surface area contributed by atoms with Crippen molar-refractivity contribution in [2.24, 2.45) is 5.73 Å². The molecule has 0 fully saturated rings. The van der Waals surface area contributed by atoms with Crippen LogP contribution in [0.5, 0.6) is 11.5 Å². The summed E-state index contributed by atoms with van der Waals surface area (Å²) in [5.74, 6) is -2.34. The summed E-state index contributed by atoms with van der Waals surface area (Å²) < 4.78 is 6.72. The molecule has 8 heteroatoms. The van der Waals surface area contributed by atoms with Gasteiger partial charge < -0.3 is 20.5 Å². The van der Waals surface area contributed by atoms with Crippen LogP contribution in [0.2, 0.25) is 0 Å². The number of aliphatic carboxylic acids is 1. The number of ether oxygens (including phenoxy) is 1. The van der Waals surface area contributed by atoms with Crippen LogP contribution in [0.3, 0.4) is 0 Å². The Hall–Kier alpha value is -4.43. The Morgan fingerprint density at radius 3 is 2.23 bits per heavy atom. The van der Waals surface area contributed by atoms with Crippen LogP contribution in [0.1, 0.15) is 39.0 Å². The summed E-state index contributed by atoms with van der Waals surface area (Å²) in [7, 11) is 0. The summed E-state index contributed by atoms with van der Waals surface area (Å²) in [6.45, 7) is 0. The van der Waals surface area contributed by atoms with E-state index in [-0.39, 0.29) is 12.0 Å². The molecular weight excluding hydrogens is 560 g/mol. The number of para-hydroxylation sites is 1. The number of halogens is 1. The normalized spacial score (nSPS) is 17.1. The first-order valence-corrected chi connectivity index (χ1v) is 13.1. The second kappa shape index (κ2) is 11.1. The molecule has 3 atom stereocenters. The second-order valence-electron chi connectivity index (χ2n) is 9.29. The smallest absolute Gasteiger partial charge is 0.326 e. The topological polar surface area (TPSA) is 110 Å². The predicted octanol–water partition coefficient (Wildman–Crippen LogP) is 5.70. The molecule has 0 radical (unpaired) electrons. The number of benzene rings is 4. The van der Waals surface area contributed by atoms with Gasteiger partial charge in [0.1, 0.15) is 17.5 Å². The molecule has 2 amide bonds. The van der Waals surface area contributed by atoms with E-state index in [2.05, 4.69) is 15.9 Å². The van der Waals surface area contributed by atoms with E-state index in [1.165, 1.54) is 4.90 Å². The number of fused-ring (bicyclic) bond motifs is 1. The Labute approximate surface area is 234 Å². The van der Waals surface area contributed by atoms with Crippen molar-refractivity contribution in [3.63, 3.8) is 0 Å². The number of carboxylic acids is 1. The van der Waals surface area contributed by atoms with Gasteiger partial charge in [-0.15, -0.1) is 0 Å². The zero-order valence-corrected chi connectivity index (χ0v) is 22.3. The third kappa shape index (κ3) is 5.42. The summed E-state index contributed by atoms with van der Waals surface area (Å²) in [6, 6.07) is 27.9. The maximum absolute atomic E-state index is 14.2. The number of carbonyl (C=O) groups excluding carboxylic acids is 2. The van der Waals surface area contributed by atoms with Crippen molar-refractivity contribution in [1.82, 2.24) is 4.90 Å². The van der Waals surface area contributed by atoms with Gasteiger partial charge in [-0.1, -0.05) is 76.6 Å². The molecule has 0 spiro atoms. The monoisotopic (exact) mass is 584 g/mol. The summed E-state index contributed by atoms with van der Waals surface area (Å²) in [6.07, 6.45) is 0.0970. The van der Waals surface area contributed by atoms with E-state index < -0.39 is 35.8 Å². The van der Waals surface area contributed by atoms with Crippen LogP contribution < -0.4 is 10.5 Å². The Morgan fingerprint density at radius 2 is 1.54 bits per heavy atom. The van der Waals surface area contributed by atoms with Gasteiger partial charge in [0, 0.05) is 16.5 Å². The van der Waals surface area contributed by atoms with Crippen LogP contribution in [-0.2, 0) is 16.0 Å². The van der Waals surface area contributed by atoms with Crippen molar-refractivity contribution >= 4 is 33.7 Å². The minimum atomic E-state index is -1.21. The molecule has 39 heavy (non-hydrogen) atoms. The zero-order chi connectivity index (χ0) is 27.5. The summed E-state index contributed by atoms with van der Waals surface area (Å²) in [4.78, 5) is 41.1. The Balaban J connectivity index is 1.63. The highest BCUT2D eigenvalue weighted by Crippen LogP contribution is 2.43. The van der Waals surface area contributed by atoms with Gasteiger partial charge in [-0.25, -0.2) is 4.79 Å². The van der Waals surface area contributed by atoms with Crippen LogP contribution in [0.25, 0.3) is 0 Å². The molecule has 0 aliphatic carbocycles. The third-order valence-electron chi connectivity index (χ3n) is 6.85. The zero-order valence-electron chi connectivity index (χ0n) is 20.7. The summed E-state index contributed by atoms with van der Waals surface area (Å²) in [5, 5.41) is 10.3. The average Bonchev–Trinajstić information content (AvgIpc) is 2.94. The first-order valence-electron chi connectivity index (χ1n) is 12.3. The van der Waals surface area contributed by atoms with Gasteiger partial charge in [-0.3, -0.25) is 9.59 Å². The summed E-state index contributed by atoms with van der Waals surface area (Å²) in [5.41, 5.74) is 8.22. The number of nitrogens with zero attached hydrogens (tertiary/aromatic N) is 1. The van der Waals surface area contributed by atoms with Gasteiger partial charge in [0.25, 0.3) is 5.91 Å². The SMILES string of the molecule is NC(=O)C(c1ccc(Br)cc1)C1c2ccccc2CC(C(=O)O)N1C(=O)c1cccc(Oc2ccccc2)c1. The largest absolute Gasteiger partial charge is 0.480 e. The van der Waals surface area contributed by atoms with E-state index >= 15 is 0 Å². The van der Waals surface area contributed by atoms with Crippen LogP contribution in [0.4, 0.5) is 0 Å². The number of primary amides is 1. The lowest BCUT2D eigenvalue weighted by Crippen LogP contribution is -2.54. The Bertz CT molecular complexity index is 1520. The van der Waals surface area contributed by atoms with E-state index in [0.29, 0.717) is 22.6 Å². The van der Waals surface area contributed by atoms with E-state index in [1.807, 2.05) is 42.5 Å². The number of rotatable bonds is 7. The molecule has 0 aromatic heterocycles. The molecule has 0 saturated heterocycles. The number of carbonyl (C=O) groups is 3. The number of nitrogens with two attached hydrogens (primary N) is 1. The highest BCUT2D eigenvalue weighted by molar-refractivity contribution is 9.10. The van der Waals surface area contributed by atoms with Crippen LogP contribution >= 0.6 is 15.9 Å². The lowest BCUT2D eigenvalue weighted by molar-refractivity contribution is -0.144. The number of amides is 2. The van der Waals surface area contributed by atoms with E-state index in [4.69, 9.17) is 10.5 Å². The number of carboxylic acid groups (broad SMARTS) is 1. The molecule has 4 aromatic rings. The molecule has 5 rings (SSSR count). The van der Waals surface area contributed by atoms with Crippen molar-refractivity contribution in [2.45, 2.75) is 24.4 Å². The fraction of sp³-hybridized carbons (Fsp3) is 0.129. The molecular formula is C31H25BrN2O5. The number of hydrogen-bond acceptors (Lipinski definition) is 4. The number of hydrogen-bond donors (Lipinski definition) is 2. The van der Waals surface area contributed by atoms with Gasteiger partial charge in [-0.2, -0.15) is 0 Å². The predicted molar refractivity (Wildman–Crippen MR) is 150 cm³/mol. The van der Waals surface area contributed by atoms with Crippen molar-refractivity contribution in [2.75, 3.05) is 0 Å². The fourth-order valence-electron chi connectivity index (χ4n) is 5.11. The summed E-state index contributed by atoms with van der Waals surface area (Å²) >= 11 is 3.41. The molecule has 0 saturated carbocycles. The van der Waals surface area contributed by atoms with Gasteiger partial charge >= 0.3 is 5.97 Å². The molecule has 1 aliphatic heterocycles. The van der Waals surface area contributed by atoms with Crippen molar-refractivity contribution in [3.05, 3.63) is 130 Å². The molecule has 0 bridgehead atoms. The van der Waals surface area contributed by atoms with Crippen LogP contribution in [-0.4, -0.2) is 33.8 Å². The van der Waals surface area contributed by atoms with Gasteiger partial charge in [0.05, 0.1) is 12.0 Å². The van der Waals surface area contributed by atoms with Gasteiger partial charge in [-0.05, 0) is 59.2 Å². The molecule has 1 heterocycles. The lowest BCUT2D eigenvalue weighted by Gasteiger charge is -2.44. The van der Waals surface area contributed by atoms with E-state index in [0.717, 1.165) is 10.0 Å². The first-order chi connectivity index (χ1) is 18.8. The standard InChI is InChI=1S/C31H25BrN2O5/c32-22-15-13-19(14-16-22)27(29(33)35)28-25-12-5-4-7-20(25)18-26(31(37)38)34(28)30(36)21-8-6-11-24(17-21)39-23-9-2-1-3-10-23/h1-17,26-28H,18H2,(H2,33,35)(H,37,38). The second-order valence-corrected chi connectivity index (χ2v) is 10.2. The van der Waals surface area contributed by atoms with Crippen LogP contribution in [0, 0.1) is 0 Å². The fourth-order valence-corrected chi connectivity index (χ4v) is 5.38. The Morgan fingerprint density at radius 1 is 0.872 bits per heavy atom. The molecule has 7 nitrogen and oxygen atoms in total. The van der Waals surface area contributed by atoms with E-state index in [1.54, 1.807) is 60.7 Å². The quantitative estimate of drug-likeness (QED) is 0.289. The molecule has 196 valence electrons. The van der Waals surface area contributed by atoms with Gasteiger partial charge in [0.2, 0.25) is 5.91 Å². The van der Waals surface area contributed by atoms with E-state index in [9.17, 15) is 19.5 Å². The molecule has 3 N–H and O–H groups in total. The van der Waals surface area contributed by atoms with Crippen molar-refractivity contribution in [3.8, 4) is 11.5 Å². The third-order valence-corrected chi connectivity index (χ3v) is 7.38. The van der Waals surface area contributed by atoms with Gasteiger partial charge in [0.15, 0.2) is 0 Å². The Kier molecular flexibility index (Phi) is 7.47. The highest BCUT2D eigenvalue weighted by atomic mass is 79.9. The molecule has 1 aliphatic rings. The maximum Gasteiger partial charge on any atom is 0.326 e. The molecule has 4 aromatic carbocycles. The molecule has 3 unspecified atom stereocenters. The van der Waals surface area contributed by atoms with Crippen LogP contribution in [0.15, 0.2) is 108 Å². The maximum atomic E-state index is 14.2. The van der Waals surface area contributed by atoms with Crippen molar-refractivity contribution in [1.29, 1.82) is 0 Å². The lowest BCUT2D eigenvalue weighted by atomic mass is 9.78. The average molecular weight is 585 g/mol. The van der Waals surface area contributed by atoms with Crippen molar-refractivity contribution < 1.29 is 24.2 Å². The highest BCUT2D eigenvalue weighted by Gasteiger charge is 2.46. The first kappa shape index (κ1) is 26.2. The minimum Gasteiger partial charge on any atom is -0.480 e.